The Balaban J connectivity index is 1.61. The Kier molecular flexibility index (Phi) is 4.58. The number of aryl methyl sites for hydroxylation is 1. The molecule has 0 aromatic carbocycles. The SMILES string of the molecule is O=C(N[C@H]1CCCc2nn(-c3ccnc(C(F)(F)F)c3)cc21)c1ccncc1. The zero-order chi connectivity index (χ0) is 19.7. The van der Waals surface area contributed by atoms with Crippen LogP contribution in [0.3, 0.4) is 0 Å². The van der Waals surface area contributed by atoms with Crippen LogP contribution in [0.25, 0.3) is 5.69 Å². The van der Waals surface area contributed by atoms with Gasteiger partial charge in [-0.3, -0.25) is 14.8 Å². The first-order chi connectivity index (χ1) is 13.4. The Morgan fingerprint density at radius 1 is 1.18 bits per heavy atom. The molecule has 0 aliphatic heterocycles. The van der Waals surface area contributed by atoms with Gasteiger partial charge in [0.2, 0.25) is 0 Å². The van der Waals surface area contributed by atoms with Gasteiger partial charge in [0, 0.05) is 35.9 Å². The fourth-order valence-electron chi connectivity index (χ4n) is 3.28. The van der Waals surface area contributed by atoms with Gasteiger partial charge in [-0.05, 0) is 43.5 Å². The summed E-state index contributed by atoms with van der Waals surface area (Å²) in [5.74, 6) is -0.226. The topological polar surface area (TPSA) is 72.7 Å². The van der Waals surface area contributed by atoms with Crippen LogP contribution >= 0.6 is 0 Å². The molecule has 0 saturated heterocycles. The van der Waals surface area contributed by atoms with Gasteiger partial charge in [0.15, 0.2) is 0 Å². The molecular weight excluding hydrogens is 371 g/mol. The number of hydrogen-bond donors (Lipinski definition) is 1. The highest BCUT2D eigenvalue weighted by atomic mass is 19.4. The predicted molar refractivity (Wildman–Crippen MR) is 93.7 cm³/mol. The van der Waals surface area contributed by atoms with Gasteiger partial charge in [-0.25, -0.2) is 4.68 Å². The van der Waals surface area contributed by atoms with Crippen LogP contribution in [-0.2, 0) is 12.6 Å². The van der Waals surface area contributed by atoms with E-state index in [9.17, 15) is 18.0 Å². The van der Waals surface area contributed by atoms with E-state index in [-0.39, 0.29) is 17.6 Å². The minimum atomic E-state index is -4.52. The van der Waals surface area contributed by atoms with Gasteiger partial charge in [-0.1, -0.05) is 0 Å². The van der Waals surface area contributed by atoms with E-state index in [1.54, 1.807) is 30.7 Å². The van der Waals surface area contributed by atoms with Crippen LogP contribution in [0.5, 0.6) is 0 Å². The Bertz CT molecular complexity index is 1000. The molecule has 3 aromatic rings. The van der Waals surface area contributed by atoms with Crippen LogP contribution in [-0.4, -0.2) is 25.7 Å². The molecular formula is C19H16F3N5O. The maximum atomic E-state index is 12.9. The molecule has 1 atom stereocenters. The molecule has 144 valence electrons. The summed E-state index contributed by atoms with van der Waals surface area (Å²) in [4.78, 5) is 19.7. The van der Waals surface area contributed by atoms with Crippen molar-refractivity contribution in [1.82, 2.24) is 25.1 Å². The van der Waals surface area contributed by atoms with Crippen LogP contribution in [0.15, 0.2) is 49.1 Å². The molecule has 1 amide bonds. The number of halogens is 3. The highest BCUT2D eigenvalue weighted by Crippen LogP contribution is 2.32. The standard InChI is InChI=1S/C19H16F3N5O/c20-19(21,22)17-10-13(6-9-24-17)27-11-14-15(2-1-3-16(14)26-27)25-18(28)12-4-7-23-8-5-12/h4-11,15H,1-3H2,(H,25,28)/t15-/m0/s1. The van der Waals surface area contributed by atoms with E-state index in [1.165, 1.54) is 10.7 Å². The van der Waals surface area contributed by atoms with Gasteiger partial charge < -0.3 is 5.32 Å². The summed E-state index contributed by atoms with van der Waals surface area (Å²) in [7, 11) is 0. The number of hydrogen-bond acceptors (Lipinski definition) is 4. The average molecular weight is 387 g/mol. The summed E-state index contributed by atoms with van der Waals surface area (Å²) in [5, 5.41) is 7.41. The number of nitrogens with zero attached hydrogens (tertiary/aromatic N) is 4. The Morgan fingerprint density at radius 2 is 1.96 bits per heavy atom. The van der Waals surface area contributed by atoms with E-state index in [1.807, 2.05) is 0 Å². The summed E-state index contributed by atoms with van der Waals surface area (Å²) in [6, 6.07) is 5.43. The van der Waals surface area contributed by atoms with Crippen molar-refractivity contribution in [2.24, 2.45) is 0 Å². The molecule has 3 aromatic heterocycles. The van der Waals surface area contributed by atoms with Crippen molar-refractivity contribution >= 4 is 5.91 Å². The summed E-state index contributed by atoms with van der Waals surface area (Å²) < 4.78 is 40.2. The molecule has 1 N–H and O–H groups in total. The van der Waals surface area contributed by atoms with Crippen LogP contribution in [0.2, 0.25) is 0 Å². The van der Waals surface area contributed by atoms with Gasteiger partial charge in [-0.2, -0.15) is 18.3 Å². The summed E-state index contributed by atoms with van der Waals surface area (Å²) in [6.45, 7) is 0. The van der Waals surface area contributed by atoms with Crippen LogP contribution in [0.1, 0.15) is 46.2 Å². The molecule has 28 heavy (non-hydrogen) atoms. The lowest BCUT2D eigenvalue weighted by Crippen LogP contribution is -2.30. The molecule has 9 heteroatoms. The molecule has 0 saturated carbocycles. The monoisotopic (exact) mass is 387 g/mol. The smallest absolute Gasteiger partial charge is 0.345 e. The third-order valence-electron chi connectivity index (χ3n) is 4.65. The van der Waals surface area contributed by atoms with Gasteiger partial charge in [0.05, 0.1) is 17.4 Å². The lowest BCUT2D eigenvalue weighted by molar-refractivity contribution is -0.141. The molecule has 3 heterocycles. The highest BCUT2D eigenvalue weighted by Gasteiger charge is 2.33. The average Bonchev–Trinajstić information content (AvgIpc) is 3.13. The number of carbonyl (C=O) groups excluding carboxylic acids is 1. The first-order valence-electron chi connectivity index (χ1n) is 8.75. The van der Waals surface area contributed by atoms with E-state index in [0.717, 1.165) is 36.4 Å². The third-order valence-corrected chi connectivity index (χ3v) is 4.65. The summed E-state index contributed by atoms with van der Waals surface area (Å²) >= 11 is 0. The number of amides is 1. The molecule has 4 rings (SSSR count). The highest BCUT2D eigenvalue weighted by molar-refractivity contribution is 5.94. The van der Waals surface area contributed by atoms with Crippen molar-refractivity contribution in [3.63, 3.8) is 0 Å². The second-order valence-corrected chi connectivity index (χ2v) is 6.53. The second kappa shape index (κ2) is 7.06. The zero-order valence-electron chi connectivity index (χ0n) is 14.6. The number of nitrogens with one attached hydrogen (secondary N) is 1. The lowest BCUT2D eigenvalue weighted by atomic mass is 9.93. The van der Waals surface area contributed by atoms with Gasteiger partial charge >= 0.3 is 6.18 Å². The molecule has 0 fully saturated rings. The summed E-state index contributed by atoms with van der Waals surface area (Å²) in [6.07, 6.45) is 3.63. The Hall–Kier alpha value is -3.23. The number of fused-ring (bicyclic) bond motifs is 1. The van der Waals surface area contributed by atoms with Gasteiger partial charge in [-0.15, -0.1) is 0 Å². The van der Waals surface area contributed by atoms with Crippen LogP contribution < -0.4 is 5.32 Å². The molecule has 6 nitrogen and oxygen atoms in total. The molecule has 0 radical (unpaired) electrons. The first kappa shape index (κ1) is 18.1. The van der Waals surface area contributed by atoms with Crippen molar-refractivity contribution < 1.29 is 18.0 Å². The third kappa shape index (κ3) is 3.60. The largest absolute Gasteiger partial charge is 0.433 e. The van der Waals surface area contributed by atoms with E-state index >= 15 is 0 Å². The normalized spacial score (nSPS) is 16.5. The van der Waals surface area contributed by atoms with Crippen molar-refractivity contribution in [3.05, 3.63) is 71.6 Å². The summed E-state index contributed by atoms with van der Waals surface area (Å²) in [5.41, 5.74) is 1.39. The molecule has 1 aliphatic carbocycles. The molecule has 0 spiro atoms. The zero-order valence-corrected chi connectivity index (χ0v) is 14.6. The number of alkyl halides is 3. The van der Waals surface area contributed by atoms with Crippen molar-refractivity contribution in [2.75, 3.05) is 0 Å². The van der Waals surface area contributed by atoms with Crippen molar-refractivity contribution in [2.45, 2.75) is 31.5 Å². The Labute approximate surface area is 158 Å². The Morgan fingerprint density at radius 3 is 2.71 bits per heavy atom. The fraction of sp³-hybridized carbons (Fsp3) is 0.263. The van der Waals surface area contributed by atoms with E-state index in [2.05, 4.69) is 20.4 Å². The number of carbonyl (C=O) groups is 1. The minimum Gasteiger partial charge on any atom is -0.345 e. The number of pyridine rings is 2. The van der Waals surface area contributed by atoms with E-state index < -0.39 is 11.9 Å². The van der Waals surface area contributed by atoms with Crippen LogP contribution in [0, 0.1) is 0 Å². The van der Waals surface area contributed by atoms with E-state index in [0.29, 0.717) is 12.0 Å². The molecule has 0 bridgehead atoms. The molecule has 0 unspecified atom stereocenters. The van der Waals surface area contributed by atoms with E-state index in [4.69, 9.17) is 0 Å². The van der Waals surface area contributed by atoms with Crippen molar-refractivity contribution in [3.8, 4) is 5.69 Å². The fourth-order valence-corrected chi connectivity index (χ4v) is 3.28. The first-order valence-corrected chi connectivity index (χ1v) is 8.75. The van der Waals surface area contributed by atoms with Gasteiger partial charge in [0.1, 0.15) is 5.69 Å². The second-order valence-electron chi connectivity index (χ2n) is 6.53. The molecule has 1 aliphatic rings. The number of aromatic nitrogens is 4. The quantitative estimate of drug-likeness (QED) is 0.747. The van der Waals surface area contributed by atoms with Gasteiger partial charge in [0.25, 0.3) is 5.91 Å². The maximum absolute atomic E-state index is 12.9. The van der Waals surface area contributed by atoms with Crippen molar-refractivity contribution in [1.29, 1.82) is 0 Å². The minimum absolute atomic E-state index is 0.226. The lowest BCUT2D eigenvalue weighted by Gasteiger charge is -2.22. The number of rotatable bonds is 3. The maximum Gasteiger partial charge on any atom is 0.433 e. The van der Waals surface area contributed by atoms with Crippen LogP contribution in [0.4, 0.5) is 13.2 Å². The predicted octanol–water partition coefficient (Wildman–Crippen LogP) is 3.49.